The first-order chi connectivity index (χ1) is 10.8. The third kappa shape index (κ3) is 8.38. The molecule has 0 aromatic carbocycles. The monoisotopic (exact) mass is 434 g/mol. The molecule has 0 atom stereocenters. The summed E-state index contributed by atoms with van der Waals surface area (Å²) in [5.74, 6) is 1.76. The number of aliphatic imine (C=N–C) groups is 1. The van der Waals surface area contributed by atoms with Crippen LogP contribution < -0.4 is 10.6 Å². The third-order valence-corrected chi connectivity index (χ3v) is 4.81. The number of halogens is 1. The summed E-state index contributed by atoms with van der Waals surface area (Å²) in [6, 6.07) is 0. The molecule has 0 saturated carbocycles. The molecule has 1 heterocycles. The third-order valence-electron chi connectivity index (χ3n) is 4.81. The molecular formula is C18H35IN4. The summed E-state index contributed by atoms with van der Waals surface area (Å²) in [4.78, 5) is 7.22. The van der Waals surface area contributed by atoms with E-state index in [1.165, 1.54) is 58.0 Å². The van der Waals surface area contributed by atoms with Gasteiger partial charge >= 0.3 is 0 Å². The van der Waals surface area contributed by atoms with Crippen molar-refractivity contribution < 1.29 is 0 Å². The van der Waals surface area contributed by atoms with Crippen LogP contribution in [0.2, 0.25) is 0 Å². The zero-order valence-corrected chi connectivity index (χ0v) is 17.3. The van der Waals surface area contributed by atoms with Crippen molar-refractivity contribution in [1.82, 2.24) is 15.5 Å². The standard InChI is InChI=1S/C18H34N4.HI/c1-3-19-18(20-12-9-16-7-5-4-6-8-16)21-15-17-10-13-22(2)14-11-17;/h7,17H,3-6,8-15H2,1-2H3,(H2,19,20,21);1H. The predicted molar refractivity (Wildman–Crippen MR) is 111 cm³/mol. The van der Waals surface area contributed by atoms with Gasteiger partial charge in [0.15, 0.2) is 5.96 Å². The Balaban J connectivity index is 0.00000264. The summed E-state index contributed by atoms with van der Waals surface area (Å²) in [6.07, 6.45) is 11.5. The van der Waals surface area contributed by atoms with Crippen molar-refractivity contribution in [1.29, 1.82) is 0 Å². The Kier molecular flexibility index (Phi) is 10.9. The van der Waals surface area contributed by atoms with Crippen molar-refractivity contribution in [3.05, 3.63) is 11.6 Å². The molecule has 4 nitrogen and oxygen atoms in total. The molecule has 0 bridgehead atoms. The SMILES string of the molecule is CCNC(=NCC1CCN(C)CC1)NCCC1=CCCCC1.I. The molecule has 0 aromatic heterocycles. The highest BCUT2D eigenvalue weighted by atomic mass is 127. The number of rotatable bonds is 6. The number of piperidine rings is 1. The van der Waals surface area contributed by atoms with Crippen LogP contribution in [0.15, 0.2) is 16.6 Å². The van der Waals surface area contributed by atoms with Gasteiger partial charge in [0, 0.05) is 19.6 Å². The van der Waals surface area contributed by atoms with Crippen molar-refractivity contribution in [2.45, 2.75) is 51.9 Å². The largest absolute Gasteiger partial charge is 0.357 e. The fourth-order valence-corrected chi connectivity index (χ4v) is 3.28. The first-order valence-corrected chi connectivity index (χ1v) is 9.16. The van der Waals surface area contributed by atoms with E-state index in [0.717, 1.165) is 31.5 Å². The van der Waals surface area contributed by atoms with Gasteiger partial charge in [-0.1, -0.05) is 11.6 Å². The van der Waals surface area contributed by atoms with Crippen molar-refractivity contribution in [3.8, 4) is 0 Å². The van der Waals surface area contributed by atoms with Crippen molar-refractivity contribution >= 4 is 29.9 Å². The fourth-order valence-electron chi connectivity index (χ4n) is 3.28. The molecule has 0 aromatic rings. The maximum Gasteiger partial charge on any atom is 0.191 e. The van der Waals surface area contributed by atoms with Gasteiger partial charge in [0.1, 0.15) is 0 Å². The molecular weight excluding hydrogens is 399 g/mol. The van der Waals surface area contributed by atoms with E-state index in [9.17, 15) is 0 Å². The van der Waals surface area contributed by atoms with Gasteiger partial charge < -0.3 is 15.5 Å². The molecule has 23 heavy (non-hydrogen) atoms. The van der Waals surface area contributed by atoms with Crippen LogP contribution in [-0.2, 0) is 0 Å². The van der Waals surface area contributed by atoms with E-state index in [-0.39, 0.29) is 24.0 Å². The van der Waals surface area contributed by atoms with Gasteiger partial charge in [-0.05, 0) is 77.9 Å². The highest BCUT2D eigenvalue weighted by Crippen LogP contribution is 2.19. The van der Waals surface area contributed by atoms with E-state index < -0.39 is 0 Å². The second-order valence-corrected chi connectivity index (χ2v) is 6.75. The van der Waals surface area contributed by atoms with Gasteiger partial charge in [-0.15, -0.1) is 24.0 Å². The normalized spacial score (nSPS) is 20.6. The average molecular weight is 434 g/mol. The molecule has 5 heteroatoms. The van der Waals surface area contributed by atoms with Gasteiger partial charge in [0.2, 0.25) is 0 Å². The zero-order valence-electron chi connectivity index (χ0n) is 14.9. The van der Waals surface area contributed by atoms with Crippen molar-refractivity contribution in [3.63, 3.8) is 0 Å². The molecule has 1 fully saturated rings. The molecule has 1 aliphatic heterocycles. The Hall–Kier alpha value is -0.300. The highest BCUT2D eigenvalue weighted by molar-refractivity contribution is 14.0. The lowest BCUT2D eigenvalue weighted by atomic mass is 9.97. The summed E-state index contributed by atoms with van der Waals surface area (Å²) >= 11 is 0. The number of hydrogen-bond acceptors (Lipinski definition) is 2. The molecule has 0 spiro atoms. The Morgan fingerprint density at radius 2 is 2.04 bits per heavy atom. The smallest absolute Gasteiger partial charge is 0.191 e. The van der Waals surface area contributed by atoms with Gasteiger partial charge in [0.05, 0.1) is 0 Å². The Labute approximate surface area is 159 Å². The fraction of sp³-hybridized carbons (Fsp3) is 0.833. The quantitative estimate of drug-likeness (QED) is 0.291. The molecule has 134 valence electrons. The van der Waals surface area contributed by atoms with E-state index in [1.54, 1.807) is 5.57 Å². The molecule has 0 amide bonds. The molecule has 2 aliphatic rings. The number of hydrogen-bond donors (Lipinski definition) is 2. The second kappa shape index (κ2) is 12.1. The second-order valence-electron chi connectivity index (χ2n) is 6.75. The van der Waals surface area contributed by atoms with Crippen LogP contribution in [0.4, 0.5) is 0 Å². The van der Waals surface area contributed by atoms with Crippen LogP contribution in [0.25, 0.3) is 0 Å². The van der Waals surface area contributed by atoms with Gasteiger partial charge in [-0.3, -0.25) is 4.99 Å². The van der Waals surface area contributed by atoms with E-state index in [4.69, 9.17) is 4.99 Å². The van der Waals surface area contributed by atoms with Crippen LogP contribution in [0.3, 0.4) is 0 Å². The van der Waals surface area contributed by atoms with Crippen LogP contribution in [0, 0.1) is 5.92 Å². The lowest BCUT2D eigenvalue weighted by Crippen LogP contribution is -2.39. The number of guanidine groups is 1. The predicted octanol–water partition coefficient (Wildman–Crippen LogP) is 3.39. The minimum atomic E-state index is 0. The van der Waals surface area contributed by atoms with Crippen molar-refractivity contribution in [2.75, 3.05) is 39.8 Å². The molecule has 1 aliphatic carbocycles. The minimum absolute atomic E-state index is 0. The average Bonchev–Trinajstić information content (AvgIpc) is 2.55. The van der Waals surface area contributed by atoms with Crippen LogP contribution in [0.5, 0.6) is 0 Å². The Morgan fingerprint density at radius 3 is 2.70 bits per heavy atom. The summed E-state index contributed by atoms with van der Waals surface area (Å²) < 4.78 is 0. The number of allylic oxidation sites excluding steroid dienone is 1. The van der Waals surface area contributed by atoms with E-state index in [2.05, 4.69) is 35.6 Å². The first kappa shape index (κ1) is 20.7. The highest BCUT2D eigenvalue weighted by Gasteiger charge is 2.16. The molecule has 1 saturated heterocycles. The van der Waals surface area contributed by atoms with E-state index in [1.807, 2.05) is 0 Å². The van der Waals surface area contributed by atoms with Gasteiger partial charge in [-0.2, -0.15) is 0 Å². The maximum absolute atomic E-state index is 4.80. The summed E-state index contributed by atoms with van der Waals surface area (Å²) in [5.41, 5.74) is 1.63. The molecule has 2 N–H and O–H groups in total. The molecule has 0 radical (unpaired) electrons. The number of likely N-dealkylation sites (tertiary alicyclic amines) is 1. The van der Waals surface area contributed by atoms with Crippen LogP contribution in [-0.4, -0.2) is 50.6 Å². The molecule has 0 unspecified atom stereocenters. The maximum atomic E-state index is 4.80. The topological polar surface area (TPSA) is 39.7 Å². The lowest BCUT2D eigenvalue weighted by Gasteiger charge is -2.28. The molecule has 2 rings (SSSR count). The minimum Gasteiger partial charge on any atom is -0.357 e. The Bertz CT molecular complexity index is 373. The summed E-state index contributed by atoms with van der Waals surface area (Å²) in [6.45, 7) is 7.48. The van der Waals surface area contributed by atoms with Crippen LogP contribution >= 0.6 is 24.0 Å². The number of nitrogens with one attached hydrogen (secondary N) is 2. The van der Waals surface area contributed by atoms with Gasteiger partial charge in [0.25, 0.3) is 0 Å². The lowest BCUT2D eigenvalue weighted by molar-refractivity contribution is 0.223. The van der Waals surface area contributed by atoms with Crippen LogP contribution in [0.1, 0.15) is 51.9 Å². The van der Waals surface area contributed by atoms with Crippen molar-refractivity contribution in [2.24, 2.45) is 10.9 Å². The first-order valence-electron chi connectivity index (χ1n) is 9.16. The summed E-state index contributed by atoms with van der Waals surface area (Å²) in [7, 11) is 2.21. The summed E-state index contributed by atoms with van der Waals surface area (Å²) in [5, 5.41) is 6.88. The van der Waals surface area contributed by atoms with E-state index >= 15 is 0 Å². The zero-order chi connectivity index (χ0) is 15.6. The number of nitrogens with zero attached hydrogens (tertiary/aromatic N) is 2. The van der Waals surface area contributed by atoms with E-state index in [0.29, 0.717) is 0 Å². The Morgan fingerprint density at radius 1 is 1.26 bits per heavy atom. The van der Waals surface area contributed by atoms with Gasteiger partial charge in [-0.25, -0.2) is 0 Å².